The molecule has 31 heavy (non-hydrogen) atoms. The predicted molar refractivity (Wildman–Crippen MR) is 112 cm³/mol. The fourth-order valence-electron chi connectivity index (χ4n) is 2.84. The molecule has 10 nitrogen and oxygen atoms in total. The van der Waals surface area contributed by atoms with Gasteiger partial charge in [0.1, 0.15) is 31.1 Å². The Labute approximate surface area is 180 Å². The number of ether oxygens (including phenoxy) is 4. The molecule has 1 aromatic heterocycles. The van der Waals surface area contributed by atoms with E-state index in [-0.39, 0.29) is 30.3 Å². The zero-order chi connectivity index (χ0) is 21.8. The van der Waals surface area contributed by atoms with Gasteiger partial charge >= 0.3 is 5.97 Å². The highest BCUT2D eigenvalue weighted by Crippen LogP contribution is 2.37. The molecule has 0 spiro atoms. The lowest BCUT2D eigenvalue weighted by Crippen LogP contribution is -2.17. The van der Waals surface area contributed by atoms with Gasteiger partial charge in [-0.25, -0.2) is 9.78 Å². The molecule has 4 rings (SSSR count). The summed E-state index contributed by atoms with van der Waals surface area (Å²) in [5.74, 6) is 0.388. The molecular weight excluding hydrogens is 426 g/mol. The van der Waals surface area contributed by atoms with E-state index in [0.29, 0.717) is 17.4 Å². The first kappa shape index (κ1) is 20.4. The Bertz CT molecular complexity index is 1110. The van der Waals surface area contributed by atoms with Crippen molar-refractivity contribution in [1.82, 2.24) is 4.98 Å². The van der Waals surface area contributed by atoms with Crippen LogP contribution in [0.2, 0.25) is 0 Å². The van der Waals surface area contributed by atoms with Crippen molar-refractivity contribution >= 4 is 33.8 Å². The van der Waals surface area contributed by atoms with Crippen molar-refractivity contribution < 1.29 is 28.7 Å². The molecule has 2 aromatic carbocycles. The summed E-state index contributed by atoms with van der Waals surface area (Å²) >= 11 is 1.34. The summed E-state index contributed by atoms with van der Waals surface area (Å²) < 4.78 is 21.1. The van der Waals surface area contributed by atoms with Gasteiger partial charge in [0, 0.05) is 17.1 Å². The number of fused-ring (bicyclic) bond motifs is 1. The summed E-state index contributed by atoms with van der Waals surface area (Å²) in [6.45, 7) is 0.442. The number of aromatic nitrogens is 1. The van der Waals surface area contributed by atoms with E-state index < -0.39 is 16.6 Å². The van der Waals surface area contributed by atoms with Crippen LogP contribution in [0.15, 0.2) is 41.8 Å². The largest absolute Gasteiger partial charge is 0.497 e. The van der Waals surface area contributed by atoms with Gasteiger partial charge in [0.25, 0.3) is 5.69 Å². The van der Waals surface area contributed by atoms with Crippen LogP contribution in [-0.2, 0) is 11.3 Å². The first-order valence-corrected chi connectivity index (χ1v) is 10.0. The Morgan fingerprint density at radius 2 is 1.94 bits per heavy atom. The molecule has 2 heterocycles. The highest BCUT2D eigenvalue weighted by atomic mass is 32.1. The lowest BCUT2D eigenvalue weighted by Gasteiger charge is -2.18. The number of anilines is 2. The minimum Gasteiger partial charge on any atom is -0.497 e. The van der Waals surface area contributed by atoms with Crippen LogP contribution in [0.3, 0.4) is 0 Å². The third-order valence-corrected chi connectivity index (χ3v) is 5.13. The second-order valence-electron chi connectivity index (χ2n) is 6.34. The van der Waals surface area contributed by atoms with Gasteiger partial charge in [0.15, 0.2) is 16.6 Å². The summed E-state index contributed by atoms with van der Waals surface area (Å²) in [6, 6.07) is 9.77. The molecule has 3 aromatic rings. The number of hydrogen-bond acceptors (Lipinski definition) is 10. The van der Waals surface area contributed by atoms with E-state index >= 15 is 0 Å². The fraction of sp³-hybridized carbons (Fsp3) is 0.200. The molecule has 0 unspecified atom stereocenters. The van der Waals surface area contributed by atoms with E-state index in [4.69, 9.17) is 18.9 Å². The van der Waals surface area contributed by atoms with E-state index in [0.717, 1.165) is 11.4 Å². The van der Waals surface area contributed by atoms with E-state index in [2.05, 4.69) is 10.3 Å². The van der Waals surface area contributed by atoms with Crippen molar-refractivity contribution in [2.75, 3.05) is 25.6 Å². The molecule has 1 aliphatic heterocycles. The van der Waals surface area contributed by atoms with Crippen LogP contribution in [0.1, 0.15) is 16.1 Å². The van der Waals surface area contributed by atoms with Gasteiger partial charge < -0.3 is 24.3 Å². The zero-order valence-corrected chi connectivity index (χ0v) is 17.1. The number of nitro benzene ring substituents is 1. The second-order valence-corrected chi connectivity index (χ2v) is 7.20. The molecular formula is C20H17N3O7S. The lowest BCUT2D eigenvalue weighted by molar-refractivity contribution is -0.385. The third-order valence-electron chi connectivity index (χ3n) is 4.32. The summed E-state index contributed by atoms with van der Waals surface area (Å²) in [5, 5.41) is 16.9. The number of thiazole rings is 1. The van der Waals surface area contributed by atoms with Crippen molar-refractivity contribution in [2.45, 2.75) is 6.61 Å². The van der Waals surface area contributed by atoms with Gasteiger partial charge in [0.2, 0.25) is 0 Å². The molecule has 0 fully saturated rings. The second kappa shape index (κ2) is 8.88. The van der Waals surface area contributed by atoms with Crippen LogP contribution in [0.5, 0.6) is 17.2 Å². The smallest absolute Gasteiger partial charge is 0.345 e. The number of rotatable bonds is 7. The zero-order valence-electron chi connectivity index (χ0n) is 16.3. The maximum absolute atomic E-state index is 12.5. The molecule has 1 aliphatic rings. The molecule has 160 valence electrons. The maximum atomic E-state index is 12.5. The Morgan fingerprint density at radius 1 is 1.23 bits per heavy atom. The molecule has 1 N–H and O–H groups in total. The molecule has 0 saturated carbocycles. The van der Waals surface area contributed by atoms with Crippen molar-refractivity contribution in [3.63, 3.8) is 0 Å². The number of methoxy groups -OCH3 is 1. The molecule has 11 heteroatoms. The number of carbonyl (C=O) groups is 1. The van der Waals surface area contributed by atoms with Gasteiger partial charge in [-0.2, -0.15) is 0 Å². The normalized spacial score (nSPS) is 12.2. The molecule has 0 bridgehead atoms. The van der Waals surface area contributed by atoms with Crippen LogP contribution < -0.4 is 19.5 Å². The standard InChI is InChI=1S/C20H17N3O7S/c1-27-14-4-2-12(3-5-14)21-20-22-13(11-31-20)10-30-19(24)15-8-17-18(29-7-6-28-17)9-16(15)23(25)26/h2-5,8-9,11H,6-7,10H2,1H3,(H,21,22). The van der Waals surface area contributed by atoms with Crippen LogP contribution in [-0.4, -0.2) is 36.2 Å². The minimum absolute atomic E-state index is 0.134. The number of benzene rings is 2. The quantitative estimate of drug-likeness (QED) is 0.329. The summed E-state index contributed by atoms with van der Waals surface area (Å²) in [4.78, 5) is 27.6. The van der Waals surface area contributed by atoms with Crippen LogP contribution in [0, 0.1) is 10.1 Å². The predicted octanol–water partition coefficient (Wildman–Crippen LogP) is 3.93. The third kappa shape index (κ3) is 4.67. The Hall–Kier alpha value is -3.86. The number of esters is 1. The fourth-order valence-corrected chi connectivity index (χ4v) is 3.55. The first-order chi connectivity index (χ1) is 15.0. The van der Waals surface area contributed by atoms with Crippen molar-refractivity contribution in [3.05, 3.63) is 63.1 Å². The number of nitrogens with zero attached hydrogens (tertiary/aromatic N) is 2. The maximum Gasteiger partial charge on any atom is 0.345 e. The van der Waals surface area contributed by atoms with Crippen LogP contribution in [0.25, 0.3) is 0 Å². The molecule has 0 aliphatic carbocycles. The number of hydrogen-bond donors (Lipinski definition) is 1. The first-order valence-electron chi connectivity index (χ1n) is 9.14. The molecule has 0 radical (unpaired) electrons. The highest BCUT2D eigenvalue weighted by molar-refractivity contribution is 7.13. The highest BCUT2D eigenvalue weighted by Gasteiger charge is 2.27. The summed E-state index contributed by atoms with van der Waals surface area (Å²) in [5.41, 5.74) is 0.718. The monoisotopic (exact) mass is 443 g/mol. The van der Waals surface area contributed by atoms with Gasteiger partial charge in [0.05, 0.1) is 23.8 Å². The van der Waals surface area contributed by atoms with E-state index in [1.165, 1.54) is 23.5 Å². The van der Waals surface area contributed by atoms with Gasteiger partial charge in [-0.1, -0.05) is 0 Å². The number of nitrogens with one attached hydrogen (secondary N) is 1. The van der Waals surface area contributed by atoms with Gasteiger partial charge in [-0.05, 0) is 24.3 Å². The van der Waals surface area contributed by atoms with Gasteiger partial charge in [-0.3, -0.25) is 10.1 Å². The number of carbonyl (C=O) groups excluding carboxylic acids is 1. The van der Waals surface area contributed by atoms with Crippen molar-refractivity contribution in [1.29, 1.82) is 0 Å². The summed E-state index contributed by atoms with van der Waals surface area (Å²) in [6.07, 6.45) is 0. The Morgan fingerprint density at radius 3 is 2.61 bits per heavy atom. The summed E-state index contributed by atoms with van der Waals surface area (Å²) in [7, 11) is 1.59. The average molecular weight is 443 g/mol. The molecule has 0 amide bonds. The van der Waals surface area contributed by atoms with E-state index in [9.17, 15) is 14.9 Å². The van der Waals surface area contributed by atoms with Crippen LogP contribution in [0.4, 0.5) is 16.5 Å². The Balaban J connectivity index is 1.42. The van der Waals surface area contributed by atoms with Crippen molar-refractivity contribution in [3.8, 4) is 17.2 Å². The molecule has 0 saturated heterocycles. The average Bonchev–Trinajstić information content (AvgIpc) is 3.24. The Kier molecular flexibility index (Phi) is 5.85. The van der Waals surface area contributed by atoms with Crippen molar-refractivity contribution in [2.24, 2.45) is 0 Å². The lowest BCUT2D eigenvalue weighted by atomic mass is 10.1. The topological polar surface area (TPSA) is 122 Å². The van der Waals surface area contributed by atoms with Crippen LogP contribution >= 0.6 is 11.3 Å². The van der Waals surface area contributed by atoms with E-state index in [1.807, 2.05) is 24.3 Å². The SMILES string of the molecule is COc1ccc(Nc2nc(COC(=O)c3cc4c(cc3[N+](=O)[O-])OCCO4)cs2)cc1. The number of nitro groups is 1. The van der Waals surface area contributed by atoms with E-state index in [1.54, 1.807) is 12.5 Å². The van der Waals surface area contributed by atoms with Gasteiger partial charge in [-0.15, -0.1) is 11.3 Å². The minimum atomic E-state index is -0.846. The molecule has 0 atom stereocenters.